The fraction of sp³-hybridized carbons (Fsp3) is 0.438. The van der Waals surface area contributed by atoms with Gasteiger partial charge in [-0.1, -0.05) is 23.0 Å². The normalized spacial score (nSPS) is 17.2. The van der Waals surface area contributed by atoms with Gasteiger partial charge in [0.15, 0.2) is 0 Å². The van der Waals surface area contributed by atoms with Crippen LogP contribution in [0.25, 0.3) is 0 Å². The number of halogens is 1. The summed E-state index contributed by atoms with van der Waals surface area (Å²) in [5.41, 5.74) is 0.912. The molecule has 2 heterocycles. The molecule has 26 heavy (non-hydrogen) atoms. The fourth-order valence-electron chi connectivity index (χ4n) is 2.97. The third kappa shape index (κ3) is 4.10. The fourth-order valence-corrected chi connectivity index (χ4v) is 3.57. The SMILES string of the molecule is CC1CCCN(c2ccc(C(=O)OCc3nnsc3Cl)cc2[N+](=O)[O-])C1. The molecular weight excluding hydrogens is 380 g/mol. The standard InChI is InChI=1S/C16H17ClN4O4S/c1-10-3-2-6-20(8-10)13-5-4-11(7-14(13)21(23)24)16(22)25-9-12-15(17)26-19-18-12/h4-5,7,10H,2-3,6,8-9H2,1H3. The van der Waals surface area contributed by atoms with Crippen molar-refractivity contribution in [2.24, 2.45) is 5.92 Å². The van der Waals surface area contributed by atoms with Crippen LogP contribution < -0.4 is 4.90 Å². The predicted molar refractivity (Wildman–Crippen MR) is 97.7 cm³/mol. The Morgan fingerprint density at radius 2 is 2.35 bits per heavy atom. The quantitative estimate of drug-likeness (QED) is 0.431. The number of nitrogens with zero attached hydrogens (tertiary/aromatic N) is 4. The van der Waals surface area contributed by atoms with Crippen LogP contribution in [-0.4, -0.2) is 33.6 Å². The van der Waals surface area contributed by atoms with Crippen molar-refractivity contribution in [3.8, 4) is 0 Å². The van der Waals surface area contributed by atoms with Crippen LogP contribution in [0.2, 0.25) is 4.34 Å². The molecule has 138 valence electrons. The van der Waals surface area contributed by atoms with Crippen LogP contribution in [-0.2, 0) is 11.3 Å². The van der Waals surface area contributed by atoms with Crippen LogP contribution in [0.3, 0.4) is 0 Å². The molecule has 8 nitrogen and oxygen atoms in total. The monoisotopic (exact) mass is 396 g/mol. The molecule has 3 rings (SSSR count). The zero-order valence-corrected chi connectivity index (χ0v) is 15.6. The molecule has 0 radical (unpaired) electrons. The van der Waals surface area contributed by atoms with Crippen molar-refractivity contribution in [1.29, 1.82) is 0 Å². The highest BCUT2D eigenvalue weighted by Crippen LogP contribution is 2.32. The Hall–Kier alpha value is -2.26. The summed E-state index contributed by atoms with van der Waals surface area (Å²) < 4.78 is 9.13. The van der Waals surface area contributed by atoms with E-state index < -0.39 is 10.9 Å². The lowest BCUT2D eigenvalue weighted by atomic mass is 9.99. The minimum atomic E-state index is -0.671. The molecule has 0 saturated carbocycles. The molecule has 0 bridgehead atoms. The molecule has 1 fully saturated rings. The van der Waals surface area contributed by atoms with E-state index in [2.05, 4.69) is 16.5 Å². The maximum absolute atomic E-state index is 12.2. The van der Waals surface area contributed by atoms with Gasteiger partial charge in [-0.2, -0.15) is 0 Å². The minimum Gasteiger partial charge on any atom is -0.455 e. The number of carbonyl (C=O) groups is 1. The molecule has 0 aliphatic carbocycles. The number of benzene rings is 1. The third-order valence-electron chi connectivity index (χ3n) is 4.25. The van der Waals surface area contributed by atoms with Gasteiger partial charge in [-0.3, -0.25) is 10.1 Å². The van der Waals surface area contributed by atoms with Crippen LogP contribution in [0.5, 0.6) is 0 Å². The van der Waals surface area contributed by atoms with Crippen molar-refractivity contribution in [3.05, 3.63) is 43.9 Å². The maximum Gasteiger partial charge on any atom is 0.338 e. The highest BCUT2D eigenvalue weighted by Gasteiger charge is 2.25. The Morgan fingerprint density at radius 1 is 1.54 bits per heavy atom. The minimum absolute atomic E-state index is 0.0955. The van der Waals surface area contributed by atoms with Gasteiger partial charge >= 0.3 is 5.97 Å². The average Bonchev–Trinajstić information content (AvgIpc) is 3.04. The Bertz CT molecular complexity index is 828. The zero-order chi connectivity index (χ0) is 18.7. The van der Waals surface area contributed by atoms with Gasteiger partial charge in [-0.05, 0) is 30.9 Å². The summed E-state index contributed by atoms with van der Waals surface area (Å²) in [7, 11) is 0. The Labute approximate surface area is 159 Å². The molecule has 1 aromatic carbocycles. The summed E-state index contributed by atoms with van der Waals surface area (Å²) in [6.07, 6.45) is 2.10. The Morgan fingerprint density at radius 3 is 3.00 bits per heavy atom. The second-order valence-electron chi connectivity index (χ2n) is 6.22. The molecule has 1 saturated heterocycles. The van der Waals surface area contributed by atoms with Crippen LogP contribution in [0.4, 0.5) is 11.4 Å². The third-order valence-corrected chi connectivity index (χ3v) is 5.24. The van der Waals surface area contributed by atoms with E-state index in [1.165, 1.54) is 6.07 Å². The van der Waals surface area contributed by atoms with Gasteiger partial charge in [0.1, 0.15) is 22.3 Å². The highest BCUT2D eigenvalue weighted by atomic mass is 35.5. The molecule has 1 atom stereocenters. The number of hydrogen-bond acceptors (Lipinski definition) is 8. The molecule has 1 unspecified atom stereocenters. The van der Waals surface area contributed by atoms with Gasteiger partial charge in [0.2, 0.25) is 0 Å². The number of aromatic nitrogens is 2. The van der Waals surface area contributed by atoms with Crippen LogP contribution >= 0.6 is 23.1 Å². The van der Waals surface area contributed by atoms with Crippen LogP contribution in [0.1, 0.15) is 35.8 Å². The van der Waals surface area contributed by atoms with E-state index in [-0.39, 0.29) is 17.9 Å². The van der Waals surface area contributed by atoms with E-state index in [0.717, 1.165) is 37.5 Å². The van der Waals surface area contributed by atoms with E-state index in [1.807, 2.05) is 4.90 Å². The van der Waals surface area contributed by atoms with E-state index in [9.17, 15) is 14.9 Å². The molecule has 1 aromatic heterocycles. The predicted octanol–water partition coefficient (Wildman–Crippen LogP) is 3.69. The Kier molecular flexibility index (Phi) is 5.67. The van der Waals surface area contributed by atoms with Crippen molar-refractivity contribution in [3.63, 3.8) is 0 Å². The summed E-state index contributed by atoms with van der Waals surface area (Å²) in [4.78, 5) is 25.3. The first-order valence-electron chi connectivity index (χ1n) is 8.13. The van der Waals surface area contributed by atoms with Crippen molar-refractivity contribution < 1.29 is 14.5 Å². The van der Waals surface area contributed by atoms with E-state index in [1.54, 1.807) is 12.1 Å². The number of ether oxygens (including phenoxy) is 1. The lowest BCUT2D eigenvalue weighted by Crippen LogP contribution is -2.34. The molecule has 10 heteroatoms. The van der Waals surface area contributed by atoms with Gasteiger partial charge in [0.05, 0.1) is 10.5 Å². The van der Waals surface area contributed by atoms with Crippen molar-refractivity contribution >= 4 is 40.5 Å². The number of piperidine rings is 1. The van der Waals surface area contributed by atoms with Crippen molar-refractivity contribution in [2.75, 3.05) is 18.0 Å². The number of esters is 1. The number of anilines is 1. The summed E-state index contributed by atoms with van der Waals surface area (Å²) >= 11 is 6.86. The highest BCUT2D eigenvalue weighted by molar-refractivity contribution is 7.10. The summed E-state index contributed by atoms with van der Waals surface area (Å²) in [5.74, 6) is -0.194. The first kappa shape index (κ1) is 18.5. The lowest BCUT2D eigenvalue weighted by molar-refractivity contribution is -0.384. The molecular formula is C16H17ClN4O4S. The number of nitro groups is 1. The van der Waals surface area contributed by atoms with Crippen LogP contribution in [0.15, 0.2) is 18.2 Å². The van der Waals surface area contributed by atoms with Crippen LogP contribution in [0, 0.1) is 16.0 Å². The number of rotatable bonds is 5. The Balaban J connectivity index is 1.78. The zero-order valence-electron chi connectivity index (χ0n) is 14.1. The lowest BCUT2D eigenvalue weighted by Gasteiger charge is -2.32. The number of carbonyl (C=O) groups excluding carboxylic acids is 1. The molecule has 0 spiro atoms. The second-order valence-corrected chi connectivity index (χ2v) is 7.58. The average molecular weight is 397 g/mol. The van der Waals surface area contributed by atoms with Gasteiger partial charge in [-0.25, -0.2) is 4.79 Å². The summed E-state index contributed by atoms with van der Waals surface area (Å²) in [6, 6.07) is 4.42. The molecule has 1 aliphatic rings. The maximum atomic E-state index is 12.2. The van der Waals surface area contributed by atoms with E-state index in [0.29, 0.717) is 21.6 Å². The second kappa shape index (κ2) is 7.96. The van der Waals surface area contributed by atoms with Crippen molar-refractivity contribution in [1.82, 2.24) is 9.59 Å². The topological polar surface area (TPSA) is 98.5 Å². The first-order chi connectivity index (χ1) is 12.5. The van der Waals surface area contributed by atoms with E-state index in [4.69, 9.17) is 16.3 Å². The largest absolute Gasteiger partial charge is 0.455 e. The van der Waals surface area contributed by atoms with Crippen molar-refractivity contribution in [2.45, 2.75) is 26.4 Å². The van der Waals surface area contributed by atoms with Gasteiger partial charge in [0, 0.05) is 30.7 Å². The smallest absolute Gasteiger partial charge is 0.338 e. The first-order valence-corrected chi connectivity index (χ1v) is 9.28. The van der Waals surface area contributed by atoms with E-state index >= 15 is 0 Å². The molecule has 2 aromatic rings. The number of hydrogen-bond donors (Lipinski definition) is 0. The van der Waals surface area contributed by atoms with Gasteiger partial charge in [-0.15, -0.1) is 5.10 Å². The van der Waals surface area contributed by atoms with Gasteiger partial charge in [0.25, 0.3) is 5.69 Å². The molecule has 1 aliphatic heterocycles. The van der Waals surface area contributed by atoms with Gasteiger partial charge < -0.3 is 9.64 Å². The summed E-state index contributed by atoms with van der Waals surface area (Å²) in [5, 5.41) is 15.3. The molecule has 0 amide bonds. The molecule has 0 N–H and O–H groups in total. The summed E-state index contributed by atoms with van der Waals surface area (Å²) in [6.45, 7) is 3.53. The number of nitro benzene ring substituents is 1.